The molecule has 1 unspecified atom stereocenters. The van der Waals surface area contributed by atoms with E-state index in [4.69, 9.17) is 5.11 Å². The number of aliphatic hydroxyl groups excluding tert-OH is 1. The Balaban J connectivity index is 2.23. The standard InChI is InChI=1S/C6H13NO/c1-5-4-6(8)2-3-7-5/h5-8H,2-4H2,1H3/t5?,6-/m1/s1. The molecule has 1 heterocycles. The minimum Gasteiger partial charge on any atom is -0.393 e. The fourth-order valence-corrected chi connectivity index (χ4v) is 1.11. The van der Waals surface area contributed by atoms with E-state index in [0.29, 0.717) is 6.04 Å². The smallest absolute Gasteiger partial charge is 0.0567 e. The molecule has 48 valence electrons. The molecule has 1 aliphatic rings. The fourth-order valence-electron chi connectivity index (χ4n) is 1.11. The van der Waals surface area contributed by atoms with Gasteiger partial charge in [0, 0.05) is 6.04 Å². The van der Waals surface area contributed by atoms with E-state index in [1.165, 1.54) is 0 Å². The van der Waals surface area contributed by atoms with Crippen molar-refractivity contribution in [1.29, 1.82) is 0 Å². The van der Waals surface area contributed by atoms with Crippen molar-refractivity contribution < 1.29 is 5.11 Å². The van der Waals surface area contributed by atoms with Crippen molar-refractivity contribution in [3.05, 3.63) is 0 Å². The van der Waals surface area contributed by atoms with Gasteiger partial charge in [-0.2, -0.15) is 0 Å². The van der Waals surface area contributed by atoms with Gasteiger partial charge in [0.05, 0.1) is 6.10 Å². The number of nitrogens with one attached hydrogen (secondary N) is 1. The number of aliphatic hydroxyl groups is 1. The molecule has 0 amide bonds. The van der Waals surface area contributed by atoms with Crippen LogP contribution in [0.2, 0.25) is 0 Å². The molecule has 2 heteroatoms. The third-order valence-electron chi connectivity index (χ3n) is 1.60. The zero-order chi connectivity index (χ0) is 5.98. The van der Waals surface area contributed by atoms with Crippen LogP contribution in [0.15, 0.2) is 0 Å². The van der Waals surface area contributed by atoms with Gasteiger partial charge >= 0.3 is 0 Å². The van der Waals surface area contributed by atoms with Gasteiger partial charge in [-0.1, -0.05) is 0 Å². The Labute approximate surface area is 49.9 Å². The van der Waals surface area contributed by atoms with E-state index in [0.717, 1.165) is 19.4 Å². The van der Waals surface area contributed by atoms with Gasteiger partial charge in [-0.25, -0.2) is 0 Å². The lowest BCUT2D eigenvalue weighted by atomic mass is 10.0. The summed E-state index contributed by atoms with van der Waals surface area (Å²) in [4.78, 5) is 0. The summed E-state index contributed by atoms with van der Waals surface area (Å²) in [5.74, 6) is 0. The van der Waals surface area contributed by atoms with Gasteiger partial charge in [-0.3, -0.25) is 0 Å². The minimum absolute atomic E-state index is 0.0498. The molecule has 8 heavy (non-hydrogen) atoms. The molecule has 0 radical (unpaired) electrons. The summed E-state index contributed by atoms with van der Waals surface area (Å²) in [6, 6.07) is 0.513. The molecule has 2 N–H and O–H groups in total. The van der Waals surface area contributed by atoms with E-state index in [-0.39, 0.29) is 6.10 Å². The Morgan fingerprint density at radius 2 is 2.38 bits per heavy atom. The molecule has 0 saturated carbocycles. The second-order valence-electron chi connectivity index (χ2n) is 2.53. The number of hydrogen-bond acceptors (Lipinski definition) is 2. The van der Waals surface area contributed by atoms with Gasteiger partial charge in [-0.15, -0.1) is 0 Å². The van der Waals surface area contributed by atoms with E-state index in [2.05, 4.69) is 12.2 Å². The van der Waals surface area contributed by atoms with Crippen LogP contribution in [0.25, 0.3) is 0 Å². The molecular weight excluding hydrogens is 102 g/mol. The Morgan fingerprint density at radius 1 is 1.62 bits per heavy atom. The van der Waals surface area contributed by atoms with Gasteiger partial charge < -0.3 is 10.4 Å². The Hall–Kier alpha value is -0.0800. The van der Waals surface area contributed by atoms with E-state index in [1.54, 1.807) is 0 Å². The summed E-state index contributed by atoms with van der Waals surface area (Å²) < 4.78 is 0. The maximum absolute atomic E-state index is 9.04. The highest BCUT2D eigenvalue weighted by molar-refractivity contribution is 4.73. The van der Waals surface area contributed by atoms with Crippen molar-refractivity contribution in [1.82, 2.24) is 5.32 Å². The number of piperidine rings is 1. The minimum atomic E-state index is -0.0498. The fraction of sp³-hybridized carbons (Fsp3) is 1.00. The van der Waals surface area contributed by atoms with Crippen LogP contribution in [0.1, 0.15) is 19.8 Å². The highest BCUT2D eigenvalue weighted by Crippen LogP contribution is 2.06. The van der Waals surface area contributed by atoms with Crippen LogP contribution in [0.4, 0.5) is 0 Å². The van der Waals surface area contributed by atoms with Crippen LogP contribution >= 0.6 is 0 Å². The first-order valence-corrected chi connectivity index (χ1v) is 3.20. The van der Waals surface area contributed by atoms with Crippen molar-refractivity contribution in [3.63, 3.8) is 0 Å². The van der Waals surface area contributed by atoms with E-state index in [9.17, 15) is 0 Å². The molecule has 0 aromatic carbocycles. The first-order chi connectivity index (χ1) is 3.79. The second-order valence-corrected chi connectivity index (χ2v) is 2.53. The molecule has 0 bridgehead atoms. The topological polar surface area (TPSA) is 32.3 Å². The van der Waals surface area contributed by atoms with Crippen molar-refractivity contribution >= 4 is 0 Å². The van der Waals surface area contributed by atoms with Gasteiger partial charge in [-0.05, 0) is 26.3 Å². The van der Waals surface area contributed by atoms with E-state index in [1.807, 2.05) is 0 Å². The van der Waals surface area contributed by atoms with Crippen LogP contribution in [0.3, 0.4) is 0 Å². The lowest BCUT2D eigenvalue weighted by molar-refractivity contribution is 0.120. The van der Waals surface area contributed by atoms with Crippen molar-refractivity contribution in [2.45, 2.75) is 31.9 Å². The molecule has 1 saturated heterocycles. The van der Waals surface area contributed by atoms with Crippen molar-refractivity contribution in [2.75, 3.05) is 6.54 Å². The summed E-state index contributed by atoms with van der Waals surface area (Å²) >= 11 is 0. The molecule has 0 aromatic rings. The second kappa shape index (κ2) is 2.46. The first-order valence-electron chi connectivity index (χ1n) is 3.20. The average molecular weight is 115 g/mol. The van der Waals surface area contributed by atoms with Crippen LogP contribution in [0.5, 0.6) is 0 Å². The Morgan fingerprint density at radius 3 is 2.75 bits per heavy atom. The molecule has 0 spiro atoms. The predicted molar refractivity (Wildman–Crippen MR) is 32.7 cm³/mol. The van der Waals surface area contributed by atoms with Crippen LogP contribution < -0.4 is 5.32 Å². The maximum Gasteiger partial charge on any atom is 0.0567 e. The zero-order valence-electron chi connectivity index (χ0n) is 5.22. The molecule has 0 aliphatic carbocycles. The Bertz CT molecular complexity index is 66.9. The van der Waals surface area contributed by atoms with Gasteiger partial charge in [0.15, 0.2) is 0 Å². The van der Waals surface area contributed by atoms with Crippen molar-refractivity contribution in [2.24, 2.45) is 0 Å². The summed E-state index contributed by atoms with van der Waals surface area (Å²) in [6.07, 6.45) is 1.79. The highest BCUT2D eigenvalue weighted by Gasteiger charge is 2.14. The van der Waals surface area contributed by atoms with E-state index >= 15 is 0 Å². The molecule has 1 rings (SSSR count). The molecule has 2 atom stereocenters. The average Bonchev–Trinajstić information content (AvgIpc) is 1.64. The summed E-state index contributed by atoms with van der Waals surface area (Å²) in [5.41, 5.74) is 0. The van der Waals surface area contributed by atoms with Gasteiger partial charge in [0.2, 0.25) is 0 Å². The SMILES string of the molecule is CC1C[C@H](O)CCN1. The van der Waals surface area contributed by atoms with Crippen LogP contribution in [-0.2, 0) is 0 Å². The largest absolute Gasteiger partial charge is 0.393 e. The summed E-state index contributed by atoms with van der Waals surface area (Å²) in [6.45, 7) is 3.07. The molecule has 0 aromatic heterocycles. The van der Waals surface area contributed by atoms with Gasteiger partial charge in [0.25, 0.3) is 0 Å². The van der Waals surface area contributed by atoms with Crippen molar-refractivity contribution in [3.8, 4) is 0 Å². The van der Waals surface area contributed by atoms with Crippen LogP contribution in [-0.4, -0.2) is 23.8 Å². The monoisotopic (exact) mass is 115 g/mol. The predicted octanol–water partition coefficient (Wildman–Crippen LogP) is 0.119. The zero-order valence-corrected chi connectivity index (χ0v) is 5.22. The summed E-state index contributed by atoms with van der Waals surface area (Å²) in [7, 11) is 0. The highest BCUT2D eigenvalue weighted by atomic mass is 16.3. The molecule has 2 nitrogen and oxygen atoms in total. The number of rotatable bonds is 0. The van der Waals surface area contributed by atoms with E-state index < -0.39 is 0 Å². The third kappa shape index (κ3) is 1.46. The Kier molecular flexibility index (Phi) is 1.86. The van der Waals surface area contributed by atoms with Gasteiger partial charge in [0.1, 0.15) is 0 Å². The number of hydrogen-bond donors (Lipinski definition) is 2. The normalized spacial score (nSPS) is 39.8. The lowest BCUT2D eigenvalue weighted by Crippen LogP contribution is -2.37. The summed E-state index contributed by atoms with van der Waals surface area (Å²) in [5, 5.41) is 12.3. The van der Waals surface area contributed by atoms with Crippen LogP contribution in [0, 0.1) is 0 Å². The third-order valence-corrected chi connectivity index (χ3v) is 1.60. The molecule has 1 aliphatic heterocycles. The quantitative estimate of drug-likeness (QED) is 0.470. The maximum atomic E-state index is 9.04. The molecular formula is C6H13NO. The first kappa shape index (κ1) is 6.05. The molecule has 1 fully saturated rings. The lowest BCUT2D eigenvalue weighted by Gasteiger charge is -2.23.